The van der Waals surface area contributed by atoms with Crippen LogP contribution in [0.5, 0.6) is 5.75 Å². The van der Waals surface area contributed by atoms with E-state index in [-0.39, 0.29) is 24.8 Å². The zero-order valence-electron chi connectivity index (χ0n) is 20.4. The van der Waals surface area contributed by atoms with Crippen LogP contribution in [0.15, 0.2) is 66.7 Å². The highest BCUT2D eigenvalue weighted by atomic mass is 35.5. The van der Waals surface area contributed by atoms with Crippen molar-refractivity contribution in [2.24, 2.45) is 0 Å². The van der Waals surface area contributed by atoms with Crippen molar-refractivity contribution < 1.29 is 4.74 Å². The van der Waals surface area contributed by atoms with Gasteiger partial charge in [0.25, 0.3) is 0 Å². The summed E-state index contributed by atoms with van der Waals surface area (Å²) in [4.78, 5) is 7.63. The van der Waals surface area contributed by atoms with Crippen molar-refractivity contribution in [3.63, 3.8) is 0 Å². The third kappa shape index (κ3) is 5.57. The van der Waals surface area contributed by atoms with E-state index in [4.69, 9.17) is 16.3 Å². The summed E-state index contributed by atoms with van der Waals surface area (Å²) in [5.41, 5.74) is 6.36. The molecule has 3 aromatic rings. The van der Waals surface area contributed by atoms with Crippen LogP contribution in [0.2, 0.25) is 5.02 Å². The van der Waals surface area contributed by atoms with Gasteiger partial charge in [-0.05, 0) is 67.6 Å². The lowest BCUT2D eigenvalue weighted by Gasteiger charge is -2.32. The Balaban J connectivity index is 0.00000152. The minimum atomic E-state index is 0. The number of rotatable bonds is 5. The number of nitrogens with zero attached hydrogens (tertiary/aromatic N) is 3. The van der Waals surface area contributed by atoms with Crippen LogP contribution in [0.4, 0.5) is 17.1 Å². The molecule has 0 saturated carbocycles. The summed E-state index contributed by atoms with van der Waals surface area (Å²) in [7, 11) is 0. The second-order valence-electron chi connectivity index (χ2n) is 9.76. The molecule has 0 radical (unpaired) electrons. The van der Waals surface area contributed by atoms with Gasteiger partial charge in [0.05, 0.1) is 5.69 Å². The largest absolute Gasteiger partial charge is 0.487 e. The van der Waals surface area contributed by atoms with Crippen LogP contribution in [-0.2, 0) is 13.0 Å². The molecule has 3 heterocycles. The van der Waals surface area contributed by atoms with Gasteiger partial charge < -0.3 is 19.4 Å². The Bertz CT molecular complexity index is 1170. The SMILES string of the molecule is Cl.Cl.Clc1ccc2c(c1)N(C1CCN(CCc3cccc(N4CCCC4)c3)C1)c1ccccc1OC2. The smallest absolute Gasteiger partial charge is 0.143 e. The van der Waals surface area contributed by atoms with Crippen LogP contribution in [0, 0.1) is 0 Å². The minimum Gasteiger partial charge on any atom is -0.487 e. The quantitative estimate of drug-likeness (QED) is 0.339. The van der Waals surface area contributed by atoms with Gasteiger partial charge >= 0.3 is 0 Å². The van der Waals surface area contributed by atoms with Crippen LogP contribution in [-0.4, -0.2) is 43.7 Å². The molecule has 3 aromatic carbocycles. The summed E-state index contributed by atoms with van der Waals surface area (Å²) < 4.78 is 6.19. The lowest BCUT2D eigenvalue weighted by atomic mass is 10.1. The Kier molecular flexibility index (Phi) is 8.95. The zero-order chi connectivity index (χ0) is 22.9. The van der Waals surface area contributed by atoms with Gasteiger partial charge in [0, 0.05) is 60.7 Å². The number of hydrogen-bond donors (Lipinski definition) is 0. The molecule has 0 amide bonds. The van der Waals surface area contributed by atoms with Crippen molar-refractivity contribution in [2.75, 3.05) is 42.5 Å². The Morgan fingerprint density at radius 1 is 0.861 bits per heavy atom. The molecule has 3 aliphatic rings. The Morgan fingerprint density at radius 2 is 1.69 bits per heavy atom. The molecule has 2 saturated heterocycles. The maximum absolute atomic E-state index is 6.45. The van der Waals surface area contributed by atoms with E-state index in [1.807, 2.05) is 6.07 Å². The Morgan fingerprint density at radius 3 is 2.56 bits per heavy atom. The Hall–Kier alpha value is -2.11. The maximum atomic E-state index is 6.45. The van der Waals surface area contributed by atoms with Crippen molar-refractivity contribution in [3.05, 3.63) is 82.9 Å². The van der Waals surface area contributed by atoms with Crippen LogP contribution in [0.1, 0.15) is 30.4 Å². The fourth-order valence-corrected chi connectivity index (χ4v) is 5.90. The zero-order valence-corrected chi connectivity index (χ0v) is 22.8. The van der Waals surface area contributed by atoms with Crippen molar-refractivity contribution in [1.82, 2.24) is 4.90 Å². The van der Waals surface area contributed by atoms with E-state index in [0.29, 0.717) is 12.6 Å². The molecule has 0 aliphatic carbocycles. The normalized spacial score (nSPS) is 19.0. The third-order valence-electron chi connectivity index (χ3n) is 7.53. The molecule has 0 spiro atoms. The van der Waals surface area contributed by atoms with Gasteiger partial charge in [-0.25, -0.2) is 0 Å². The predicted octanol–water partition coefficient (Wildman–Crippen LogP) is 7.13. The van der Waals surface area contributed by atoms with E-state index in [1.165, 1.54) is 48.4 Å². The van der Waals surface area contributed by atoms with Gasteiger partial charge in [-0.2, -0.15) is 0 Å². The number of ether oxygens (including phenoxy) is 1. The molecule has 1 atom stereocenters. The first-order valence-corrected chi connectivity index (χ1v) is 13.0. The second-order valence-corrected chi connectivity index (χ2v) is 10.2. The third-order valence-corrected chi connectivity index (χ3v) is 7.76. The first-order valence-electron chi connectivity index (χ1n) is 12.6. The summed E-state index contributed by atoms with van der Waals surface area (Å²) >= 11 is 6.45. The summed E-state index contributed by atoms with van der Waals surface area (Å²) in [6, 6.07) is 24.2. The molecule has 4 nitrogen and oxygen atoms in total. The topological polar surface area (TPSA) is 19.0 Å². The van der Waals surface area contributed by atoms with Gasteiger partial charge in [-0.3, -0.25) is 0 Å². The van der Waals surface area contributed by atoms with Crippen molar-refractivity contribution in [1.29, 1.82) is 0 Å². The van der Waals surface area contributed by atoms with E-state index >= 15 is 0 Å². The average Bonchev–Trinajstić information content (AvgIpc) is 3.54. The van der Waals surface area contributed by atoms with Crippen molar-refractivity contribution in [3.8, 4) is 5.75 Å². The molecule has 1 unspecified atom stereocenters. The van der Waals surface area contributed by atoms with Gasteiger partial charge in [0.2, 0.25) is 0 Å². The fourth-order valence-electron chi connectivity index (χ4n) is 5.74. The van der Waals surface area contributed by atoms with E-state index in [0.717, 1.165) is 48.9 Å². The molecule has 2 fully saturated rings. The number of likely N-dealkylation sites (tertiary alicyclic amines) is 1. The van der Waals surface area contributed by atoms with Crippen LogP contribution in [0.3, 0.4) is 0 Å². The molecule has 36 heavy (non-hydrogen) atoms. The predicted molar refractivity (Wildman–Crippen MR) is 155 cm³/mol. The summed E-state index contributed by atoms with van der Waals surface area (Å²) in [5.74, 6) is 0.951. The van der Waals surface area contributed by atoms with Crippen molar-refractivity contribution in [2.45, 2.75) is 38.3 Å². The Labute approximate surface area is 232 Å². The highest BCUT2D eigenvalue weighted by Crippen LogP contribution is 2.43. The van der Waals surface area contributed by atoms with Gasteiger partial charge in [0.15, 0.2) is 0 Å². The van der Waals surface area contributed by atoms with E-state index in [1.54, 1.807) is 0 Å². The van der Waals surface area contributed by atoms with Gasteiger partial charge in [-0.1, -0.05) is 41.9 Å². The van der Waals surface area contributed by atoms with Crippen molar-refractivity contribution >= 4 is 53.5 Å². The van der Waals surface area contributed by atoms with Crippen LogP contribution < -0.4 is 14.5 Å². The fraction of sp³-hybridized carbons (Fsp3) is 0.379. The highest BCUT2D eigenvalue weighted by Gasteiger charge is 2.33. The van der Waals surface area contributed by atoms with Crippen LogP contribution in [0.25, 0.3) is 0 Å². The number of anilines is 3. The highest BCUT2D eigenvalue weighted by molar-refractivity contribution is 6.30. The number of halogens is 3. The van der Waals surface area contributed by atoms with Crippen LogP contribution >= 0.6 is 36.4 Å². The molecule has 192 valence electrons. The maximum Gasteiger partial charge on any atom is 0.143 e. The molecular formula is C29H34Cl3N3O. The minimum absolute atomic E-state index is 0. The first kappa shape index (κ1) is 26.9. The summed E-state index contributed by atoms with van der Waals surface area (Å²) in [6.45, 7) is 6.23. The lowest BCUT2D eigenvalue weighted by molar-refractivity contribution is 0.310. The molecule has 0 N–H and O–H groups in total. The average molecular weight is 547 g/mol. The van der Waals surface area contributed by atoms with Gasteiger partial charge in [0.1, 0.15) is 12.4 Å². The monoisotopic (exact) mass is 545 g/mol. The lowest BCUT2D eigenvalue weighted by Crippen LogP contribution is -2.35. The molecule has 0 aromatic heterocycles. The summed E-state index contributed by atoms with van der Waals surface area (Å²) in [5, 5.41) is 0.774. The summed E-state index contributed by atoms with van der Waals surface area (Å²) in [6.07, 6.45) is 4.86. The standard InChI is InChI=1S/C29H32ClN3O.2ClH/c30-24-11-10-23-21-34-29-9-2-1-8-27(29)33(28(23)19-24)26-13-17-31(20-26)16-12-22-6-5-7-25(18-22)32-14-3-4-15-32;;/h1-2,5-11,18-19,26H,3-4,12-17,20-21H2;2*1H. The van der Waals surface area contributed by atoms with E-state index in [9.17, 15) is 0 Å². The number of benzene rings is 3. The molecule has 6 rings (SSSR count). The molecule has 0 bridgehead atoms. The first-order chi connectivity index (χ1) is 16.7. The second kappa shape index (κ2) is 12.0. The number of hydrogen-bond acceptors (Lipinski definition) is 4. The van der Waals surface area contributed by atoms with E-state index in [2.05, 4.69) is 75.4 Å². The number of para-hydroxylation sites is 2. The molecule has 7 heteroatoms. The van der Waals surface area contributed by atoms with Gasteiger partial charge in [-0.15, -0.1) is 24.8 Å². The van der Waals surface area contributed by atoms with E-state index < -0.39 is 0 Å². The number of fused-ring (bicyclic) bond motifs is 2. The molecule has 3 aliphatic heterocycles. The molecular weight excluding hydrogens is 513 g/mol.